The van der Waals surface area contributed by atoms with Gasteiger partial charge < -0.3 is 0 Å². The third-order valence-electron chi connectivity index (χ3n) is 2.89. The molecule has 0 spiro atoms. The van der Waals surface area contributed by atoms with Crippen LogP contribution < -0.4 is 0 Å². The molecule has 0 bridgehead atoms. The van der Waals surface area contributed by atoms with E-state index in [1.54, 1.807) is 0 Å². The minimum absolute atomic E-state index is 0.257. The standard InChI is InChI=1S/C18H21P/c1-14-10-8-9-13-16(14)17(19-18(2,3)4)15-11-6-5-7-12-15/h5-13H,1-4H3. The summed E-state index contributed by atoms with van der Waals surface area (Å²) in [6.07, 6.45) is 0. The molecule has 0 amide bonds. The summed E-state index contributed by atoms with van der Waals surface area (Å²) in [4.78, 5) is 0. The SMILES string of the molecule is Cc1ccccc1C(=PC(C)(C)C)c1ccccc1. The van der Waals surface area contributed by atoms with Crippen LogP contribution in [0.3, 0.4) is 0 Å². The molecule has 0 aliphatic carbocycles. The Hall–Kier alpha value is -1.39. The van der Waals surface area contributed by atoms with Gasteiger partial charge in [0.1, 0.15) is 0 Å². The Bertz CT molecular complexity index is 574. The summed E-state index contributed by atoms with van der Waals surface area (Å²) < 4.78 is 0. The van der Waals surface area contributed by atoms with Crippen molar-refractivity contribution in [3.05, 3.63) is 71.3 Å². The molecule has 98 valence electrons. The van der Waals surface area contributed by atoms with Gasteiger partial charge in [-0.3, -0.25) is 0 Å². The van der Waals surface area contributed by atoms with E-state index in [0.29, 0.717) is 0 Å². The maximum absolute atomic E-state index is 2.29. The highest BCUT2D eigenvalue weighted by Crippen LogP contribution is 2.29. The number of benzene rings is 2. The van der Waals surface area contributed by atoms with Crippen LogP contribution in [0.4, 0.5) is 0 Å². The highest BCUT2D eigenvalue weighted by atomic mass is 31.1. The largest absolute Gasteiger partial charge is 0.0893 e. The topological polar surface area (TPSA) is 0 Å². The van der Waals surface area contributed by atoms with Crippen molar-refractivity contribution < 1.29 is 0 Å². The normalized spacial score (nSPS) is 12.5. The molecule has 1 heteroatoms. The van der Waals surface area contributed by atoms with Gasteiger partial charge in [0.25, 0.3) is 0 Å². The van der Waals surface area contributed by atoms with Crippen molar-refractivity contribution in [1.29, 1.82) is 0 Å². The van der Waals surface area contributed by atoms with Gasteiger partial charge in [0.2, 0.25) is 0 Å². The third kappa shape index (κ3) is 3.78. The molecule has 0 heterocycles. The summed E-state index contributed by atoms with van der Waals surface area (Å²) in [6, 6.07) is 19.4. The highest BCUT2D eigenvalue weighted by molar-refractivity contribution is 7.43. The summed E-state index contributed by atoms with van der Waals surface area (Å²) in [6.45, 7) is 9.05. The Morgan fingerprint density at radius 2 is 1.42 bits per heavy atom. The smallest absolute Gasteiger partial charge is 0.0129 e. The number of rotatable bonds is 2. The molecule has 0 atom stereocenters. The van der Waals surface area contributed by atoms with E-state index in [1.165, 1.54) is 30.2 Å². The molecule has 0 saturated heterocycles. The molecule has 0 aliphatic rings. The summed E-state index contributed by atoms with van der Waals surface area (Å²) >= 11 is 0. The third-order valence-corrected chi connectivity index (χ3v) is 4.29. The van der Waals surface area contributed by atoms with Crippen molar-refractivity contribution in [1.82, 2.24) is 0 Å². The van der Waals surface area contributed by atoms with Gasteiger partial charge in [0.15, 0.2) is 0 Å². The molecule has 2 aromatic carbocycles. The second kappa shape index (κ2) is 5.72. The Morgan fingerprint density at radius 1 is 0.842 bits per heavy atom. The van der Waals surface area contributed by atoms with Crippen molar-refractivity contribution >= 4 is 13.5 Å². The summed E-state index contributed by atoms with van der Waals surface area (Å²) in [5.74, 6) is 0. The fourth-order valence-corrected chi connectivity index (χ4v) is 3.37. The van der Waals surface area contributed by atoms with Crippen LogP contribution in [-0.2, 0) is 0 Å². The Labute approximate surface area is 118 Å². The van der Waals surface area contributed by atoms with E-state index < -0.39 is 0 Å². The molecule has 0 unspecified atom stereocenters. The molecule has 2 rings (SSSR count). The van der Waals surface area contributed by atoms with Gasteiger partial charge in [0.05, 0.1) is 0 Å². The van der Waals surface area contributed by atoms with E-state index in [1.807, 2.05) is 0 Å². The van der Waals surface area contributed by atoms with E-state index in [0.717, 1.165) is 0 Å². The number of aryl methyl sites for hydroxylation is 1. The molecular formula is C18H21P. The quantitative estimate of drug-likeness (QED) is 0.648. The first kappa shape index (κ1) is 14.0. The van der Waals surface area contributed by atoms with Gasteiger partial charge in [-0.05, 0) is 23.6 Å². The van der Waals surface area contributed by atoms with Gasteiger partial charge in [-0.2, -0.15) is 0 Å². The predicted molar refractivity (Wildman–Crippen MR) is 87.5 cm³/mol. The zero-order chi connectivity index (χ0) is 13.9. The van der Waals surface area contributed by atoms with E-state index >= 15 is 0 Å². The first-order valence-electron chi connectivity index (χ1n) is 6.69. The van der Waals surface area contributed by atoms with Gasteiger partial charge >= 0.3 is 0 Å². The van der Waals surface area contributed by atoms with Crippen molar-refractivity contribution in [2.75, 3.05) is 0 Å². The molecule has 0 radical (unpaired) electrons. The lowest BCUT2D eigenvalue weighted by atomic mass is 10.0. The first-order chi connectivity index (χ1) is 8.97. The Morgan fingerprint density at radius 3 is 2.00 bits per heavy atom. The van der Waals surface area contributed by atoms with Gasteiger partial charge in [0, 0.05) is 10.4 Å². The molecule has 0 N–H and O–H groups in total. The van der Waals surface area contributed by atoms with E-state index in [2.05, 4.69) is 82.3 Å². The van der Waals surface area contributed by atoms with Crippen LogP contribution in [-0.4, -0.2) is 10.4 Å². The first-order valence-corrected chi connectivity index (χ1v) is 7.58. The molecule has 0 aliphatic heterocycles. The second-order valence-electron chi connectivity index (χ2n) is 5.81. The van der Waals surface area contributed by atoms with E-state index in [4.69, 9.17) is 0 Å². The zero-order valence-electron chi connectivity index (χ0n) is 12.1. The number of hydrogen-bond donors (Lipinski definition) is 0. The molecule has 0 aromatic heterocycles. The lowest BCUT2D eigenvalue weighted by Crippen LogP contribution is -2.09. The predicted octanol–water partition coefficient (Wildman–Crippen LogP) is 5.31. The van der Waals surface area contributed by atoms with Crippen LogP contribution in [0.15, 0.2) is 54.6 Å². The zero-order valence-corrected chi connectivity index (χ0v) is 13.0. The lowest BCUT2D eigenvalue weighted by molar-refractivity contribution is 0.802. The van der Waals surface area contributed by atoms with Crippen LogP contribution in [0, 0.1) is 6.92 Å². The molecule has 2 aromatic rings. The van der Waals surface area contributed by atoms with Crippen LogP contribution in [0.1, 0.15) is 37.5 Å². The lowest BCUT2D eigenvalue weighted by Gasteiger charge is -2.17. The van der Waals surface area contributed by atoms with Crippen molar-refractivity contribution in [3.8, 4) is 0 Å². The maximum atomic E-state index is 2.29. The average molecular weight is 268 g/mol. The Balaban J connectivity index is 2.60. The van der Waals surface area contributed by atoms with Gasteiger partial charge in [-0.1, -0.05) is 83.6 Å². The highest BCUT2D eigenvalue weighted by Gasteiger charge is 2.13. The minimum atomic E-state index is 0.257. The number of hydrogen-bond acceptors (Lipinski definition) is 0. The maximum Gasteiger partial charge on any atom is 0.0129 e. The summed E-state index contributed by atoms with van der Waals surface area (Å²) in [5, 5.41) is 1.68. The molecular weight excluding hydrogens is 247 g/mol. The fourth-order valence-electron chi connectivity index (χ4n) is 2.05. The Kier molecular flexibility index (Phi) is 4.22. The van der Waals surface area contributed by atoms with E-state index in [-0.39, 0.29) is 5.16 Å². The van der Waals surface area contributed by atoms with Gasteiger partial charge in [-0.15, -0.1) is 0 Å². The molecule has 0 nitrogen and oxygen atoms in total. The molecule has 0 fully saturated rings. The molecule has 0 saturated carbocycles. The molecule has 19 heavy (non-hydrogen) atoms. The van der Waals surface area contributed by atoms with Crippen LogP contribution in [0.5, 0.6) is 0 Å². The van der Waals surface area contributed by atoms with Crippen LogP contribution in [0.2, 0.25) is 0 Å². The van der Waals surface area contributed by atoms with Crippen molar-refractivity contribution in [2.45, 2.75) is 32.9 Å². The van der Waals surface area contributed by atoms with Crippen LogP contribution in [0.25, 0.3) is 0 Å². The van der Waals surface area contributed by atoms with Gasteiger partial charge in [-0.25, -0.2) is 0 Å². The summed E-state index contributed by atoms with van der Waals surface area (Å²) in [5.41, 5.74) is 4.04. The fraction of sp³-hybridized carbons (Fsp3) is 0.278. The monoisotopic (exact) mass is 268 g/mol. The van der Waals surface area contributed by atoms with Crippen molar-refractivity contribution in [2.24, 2.45) is 0 Å². The summed E-state index contributed by atoms with van der Waals surface area (Å²) in [7, 11) is 1.37. The second-order valence-corrected chi connectivity index (χ2v) is 7.82. The van der Waals surface area contributed by atoms with Crippen molar-refractivity contribution in [3.63, 3.8) is 0 Å². The average Bonchev–Trinajstić information content (AvgIpc) is 2.37. The van der Waals surface area contributed by atoms with Crippen LogP contribution >= 0.6 is 8.20 Å². The van der Waals surface area contributed by atoms with E-state index in [9.17, 15) is 0 Å². The minimum Gasteiger partial charge on any atom is -0.0893 e.